The first kappa shape index (κ1) is 15.0. The number of aliphatic hydroxyl groups is 1. The Morgan fingerprint density at radius 3 is 2.45 bits per heavy atom. The molecular formula is C16H18BrNO2. The van der Waals surface area contributed by atoms with Gasteiger partial charge in [-0.2, -0.15) is 0 Å². The predicted molar refractivity (Wildman–Crippen MR) is 83.5 cm³/mol. The zero-order chi connectivity index (χ0) is 14.6. The third kappa shape index (κ3) is 3.20. The zero-order valence-corrected chi connectivity index (χ0v) is 12.9. The van der Waals surface area contributed by atoms with Crippen LogP contribution in [-0.2, 0) is 12.1 Å². The van der Waals surface area contributed by atoms with E-state index in [1.807, 2.05) is 49.4 Å². The fourth-order valence-electron chi connectivity index (χ4n) is 2.05. The molecule has 2 aromatic rings. The largest absolute Gasteiger partial charge is 0.506 e. The van der Waals surface area contributed by atoms with E-state index in [1.54, 1.807) is 6.07 Å². The van der Waals surface area contributed by atoms with E-state index in [0.717, 1.165) is 11.1 Å². The Hall–Kier alpha value is -1.36. The fraction of sp³-hybridized carbons (Fsp3) is 0.250. The van der Waals surface area contributed by atoms with Crippen LogP contribution in [0.2, 0.25) is 0 Å². The summed E-state index contributed by atoms with van der Waals surface area (Å²) in [4.78, 5) is 0. The molecule has 20 heavy (non-hydrogen) atoms. The van der Waals surface area contributed by atoms with Crippen LogP contribution in [0.15, 0.2) is 53.0 Å². The molecule has 0 aliphatic heterocycles. The molecule has 0 radical (unpaired) electrons. The van der Waals surface area contributed by atoms with Gasteiger partial charge >= 0.3 is 0 Å². The van der Waals surface area contributed by atoms with Gasteiger partial charge in [-0.25, -0.2) is 0 Å². The van der Waals surface area contributed by atoms with Gasteiger partial charge in [0.2, 0.25) is 0 Å². The Balaban J connectivity index is 2.17. The van der Waals surface area contributed by atoms with Gasteiger partial charge in [0.15, 0.2) is 0 Å². The lowest BCUT2D eigenvalue weighted by atomic mass is 9.92. The summed E-state index contributed by atoms with van der Waals surface area (Å²) >= 11 is 3.30. The second kappa shape index (κ2) is 6.39. The first-order valence-corrected chi connectivity index (χ1v) is 7.24. The van der Waals surface area contributed by atoms with Crippen LogP contribution in [0.5, 0.6) is 5.75 Å². The Morgan fingerprint density at radius 1 is 1.10 bits per heavy atom. The van der Waals surface area contributed by atoms with E-state index in [1.165, 1.54) is 0 Å². The quantitative estimate of drug-likeness (QED) is 0.786. The smallest absolute Gasteiger partial charge is 0.134 e. The number of hydrogen-bond donors (Lipinski definition) is 3. The van der Waals surface area contributed by atoms with E-state index >= 15 is 0 Å². The van der Waals surface area contributed by atoms with E-state index in [-0.39, 0.29) is 12.4 Å². The van der Waals surface area contributed by atoms with Crippen molar-refractivity contribution in [1.29, 1.82) is 0 Å². The summed E-state index contributed by atoms with van der Waals surface area (Å²) < 4.78 is 0.669. The highest BCUT2D eigenvalue weighted by atomic mass is 79.9. The highest BCUT2D eigenvalue weighted by molar-refractivity contribution is 9.10. The van der Waals surface area contributed by atoms with Gasteiger partial charge in [0.1, 0.15) is 5.75 Å². The average Bonchev–Trinajstić information content (AvgIpc) is 2.49. The summed E-state index contributed by atoms with van der Waals surface area (Å²) in [5, 5.41) is 23.0. The van der Waals surface area contributed by atoms with Gasteiger partial charge in [-0.3, -0.25) is 0 Å². The molecule has 2 aromatic carbocycles. The van der Waals surface area contributed by atoms with Crippen molar-refractivity contribution in [3.05, 3.63) is 64.1 Å². The number of aromatic hydroxyl groups is 1. The monoisotopic (exact) mass is 335 g/mol. The Morgan fingerprint density at radius 2 is 1.80 bits per heavy atom. The van der Waals surface area contributed by atoms with Crippen LogP contribution in [0.1, 0.15) is 18.1 Å². The maximum atomic E-state index is 9.99. The molecule has 0 amide bonds. The number of rotatable bonds is 5. The topological polar surface area (TPSA) is 52.5 Å². The van der Waals surface area contributed by atoms with Gasteiger partial charge in [0, 0.05) is 12.1 Å². The molecule has 3 N–H and O–H groups in total. The van der Waals surface area contributed by atoms with Crippen molar-refractivity contribution in [2.45, 2.75) is 19.0 Å². The minimum Gasteiger partial charge on any atom is -0.506 e. The summed E-state index contributed by atoms with van der Waals surface area (Å²) in [7, 11) is 0. The number of halogens is 1. The van der Waals surface area contributed by atoms with Gasteiger partial charge < -0.3 is 15.5 Å². The maximum Gasteiger partial charge on any atom is 0.134 e. The van der Waals surface area contributed by atoms with E-state index in [2.05, 4.69) is 21.2 Å². The van der Waals surface area contributed by atoms with Gasteiger partial charge in [-0.1, -0.05) is 42.5 Å². The predicted octanol–water partition coefficient (Wildman–Crippen LogP) is 3.15. The van der Waals surface area contributed by atoms with Crippen LogP contribution in [-0.4, -0.2) is 16.8 Å². The molecule has 3 nitrogen and oxygen atoms in total. The highest BCUT2D eigenvalue weighted by Gasteiger charge is 2.25. The minimum atomic E-state index is -0.546. The molecular weight excluding hydrogens is 318 g/mol. The summed E-state index contributed by atoms with van der Waals surface area (Å²) in [6, 6.07) is 15.3. The van der Waals surface area contributed by atoms with Crippen LogP contribution < -0.4 is 5.32 Å². The second-order valence-corrected chi connectivity index (χ2v) is 5.81. The van der Waals surface area contributed by atoms with Gasteiger partial charge in [-0.15, -0.1) is 0 Å². The summed E-state index contributed by atoms with van der Waals surface area (Å²) in [5.41, 5.74) is 1.25. The highest BCUT2D eigenvalue weighted by Crippen LogP contribution is 2.28. The SMILES string of the molecule is CC(CO)(NCc1cccc(Br)c1O)c1ccccc1. The Bertz CT molecular complexity index is 574. The summed E-state index contributed by atoms with van der Waals surface area (Å²) in [5.74, 6) is 0.230. The third-order valence-electron chi connectivity index (χ3n) is 3.47. The first-order valence-electron chi connectivity index (χ1n) is 6.44. The normalized spacial score (nSPS) is 13.9. The van der Waals surface area contributed by atoms with Gasteiger partial charge in [-0.05, 0) is 34.5 Å². The standard InChI is InChI=1S/C16H18BrNO2/c1-16(11-19,13-7-3-2-4-8-13)18-10-12-6-5-9-14(17)15(12)20/h2-9,18-20H,10-11H2,1H3. The van der Waals surface area contributed by atoms with Gasteiger partial charge in [0.25, 0.3) is 0 Å². The molecule has 1 unspecified atom stereocenters. The molecule has 0 saturated heterocycles. The Labute approximate surface area is 127 Å². The molecule has 0 aromatic heterocycles. The van der Waals surface area contributed by atoms with Crippen molar-refractivity contribution in [1.82, 2.24) is 5.32 Å². The zero-order valence-electron chi connectivity index (χ0n) is 11.3. The molecule has 0 fully saturated rings. The fourth-order valence-corrected chi connectivity index (χ4v) is 2.46. The molecule has 4 heteroatoms. The number of hydrogen-bond acceptors (Lipinski definition) is 3. The van der Waals surface area contributed by atoms with E-state index in [0.29, 0.717) is 11.0 Å². The lowest BCUT2D eigenvalue weighted by Gasteiger charge is -2.29. The summed E-state index contributed by atoms with van der Waals surface area (Å²) in [6.45, 7) is 2.39. The van der Waals surface area contributed by atoms with Crippen LogP contribution >= 0.6 is 15.9 Å². The first-order chi connectivity index (χ1) is 9.57. The lowest BCUT2D eigenvalue weighted by Crippen LogP contribution is -2.42. The number of nitrogens with one attached hydrogen (secondary N) is 1. The van der Waals surface area contributed by atoms with Crippen molar-refractivity contribution in [2.75, 3.05) is 6.61 Å². The van der Waals surface area contributed by atoms with Crippen LogP contribution in [0, 0.1) is 0 Å². The molecule has 0 aliphatic carbocycles. The van der Waals surface area contributed by atoms with E-state index in [4.69, 9.17) is 0 Å². The van der Waals surface area contributed by atoms with Crippen LogP contribution in [0.25, 0.3) is 0 Å². The second-order valence-electron chi connectivity index (χ2n) is 4.96. The summed E-state index contributed by atoms with van der Waals surface area (Å²) in [6.07, 6.45) is 0. The van der Waals surface area contributed by atoms with Crippen molar-refractivity contribution < 1.29 is 10.2 Å². The molecule has 2 rings (SSSR count). The van der Waals surface area contributed by atoms with Crippen molar-refractivity contribution in [2.24, 2.45) is 0 Å². The van der Waals surface area contributed by atoms with Crippen molar-refractivity contribution in [3.63, 3.8) is 0 Å². The van der Waals surface area contributed by atoms with Crippen molar-refractivity contribution in [3.8, 4) is 5.75 Å². The average molecular weight is 336 g/mol. The molecule has 0 saturated carbocycles. The third-order valence-corrected chi connectivity index (χ3v) is 4.11. The number of para-hydroxylation sites is 1. The van der Waals surface area contributed by atoms with Crippen LogP contribution in [0.3, 0.4) is 0 Å². The van der Waals surface area contributed by atoms with Crippen LogP contribution in [0.4, 0.5) is 0 Å². The molecule has 1 atom stereocenters. The number of phenols is 1. The number of benzene rings is 2. The number of phenolic OH excluding ortho intramolecular Hbond substituents is 1. The molecule has 0 bridgehead atoms. The van der Waals surface area contributed by atoms with E-state index < -0.39 is 5.54 Å². The van der Waals surface area contributed by atoms with E-state index in [9.17, 15) is 10.2 Å². The minimum absolute atomic E-state index is 0.0220. The molecule has 0 aliphatic rings. The maximum absolute atomic E-state index is 9.99. The molecule has 106 valence electrons. The van der Waals surface area contributed by atoms with Crippen molar-refractivity contribution >= 4 is 15.9 Å². The number of aliphatic hydroxyl groups excluding tert-OH is 1. The molecule has 0 spiro atoms. The molecule has 0 heterocycles. The lowest BCUT2D eigenvalue weighted by molar-refractivity contribution is 0.173. The van der Waals surface area contributed by atoms with Gasteiger partial charge in [0.05, 0.1) is 16.6 Å². The Kier molecular flexibility index (Phi) is 4.81.